The Morgan fingerprint density at radius 1 is 0.838 bits per heavy atom. The number of hydrogen-bond donors (Lipinski definition) is 5. The zero-order valence-corrected chi connectivity index (χ0v) is 19.7. The van der Waals surface area contributed by atoms with Gasteiger partial charge in [0.2, 0.25) is 0 Å². The number of hydrogen-bond acceptors (Lipinski definition) is 5. The van der Waals surface area contributed by atoms with Crippen LogP contribution in [-0.4, -0.2) is 46.5 Å². The van der Waals surface area contributed by atoms with Crippen LogP contribution < -0.4 is 16.0 Å². The molecule has 192 valence electrons. The molecule has 5 N–H and O–H groups in total. The summed E-state index contributed by atoms with van der Waals surface area (Å²) in [6.45, 7) is -0.466. The number of carboxylic acid groups (broad SMARTS) is 1. The van der Waals surface area contributed by atoms with Gasteiger partial charge in [0.1, 0.15) is 23.4 Å². The summed E-state index contributed by atoms with van der Waals surface area (Å²) in [6.07, 6.45) is 0. The van der Waals surface area contributed by atoms with Gasteiger partial charge in [0.05, 0.1) is 10.6 Å². The summed E-state index contributed by atoms with van der Waals surface area (Å²) in [6, 6.07) is 10.6. The Bertz CT molecular complexity index is 1350. The molecule has 0 bridgehead atoms. The Labute approximate surface area is 214 Å². The molecule has 0 saturated heterocycles. The normalized spacial score (nSPS) is 11.3. The molecule has 0 aliphatic carbocycles. The molecule has 3 aromatic rings. The van der Waals surface area contributed by atoms with E-state index in [1.54, 1.807) is 12.1 Å². The third kappa shape index (κ3) is 7.48. The number of nitrogens with one attached hydrogen (secondary N) is 3. The van der Waals surface area contributed by atoms with Crippen LogP contribution >= 0.6 is 11.6 Å². The van der Waals surface area contributed by atoms with Crippen LogP contribution in [0.25, 0.3) is 0 Å². The number of halogens is 3. The number of benzene rings is 3. The molecule has 0 heterocycles. The van der Waals surface area contributed by atoms with E-state index in [1.165, 1.54) is 30.3 Å². The molecule has 9 nitrogen and oxygen atoms in total. The third-order valence-electron chi connectivity index (χ3n) is 5.03. The monoisotopic (exact) mass is 531 g/mol. The number of carbonyl (C=O) groups is 4. The Morgan fingerprint density at radius 3 is 2.14 bits per heavy atom. The lowest BCUT2D eigenvalue weighted by Crippen LogP contribution is -2.48. The lowest BCUT2D eigenvalue weighted by atomic mass is 10.1. The molecular formula is C25H20ClF2N3O6. The number of phenolic OH excluding ortho intramolecular Hbond substituents is 1. The highest BCUT2D eigenvalue weighted by Gasteiger charge is 2.23. The fraction of sp³-hybridized carbons (Fsp3) is 0.120. The van der Waals surface area contributed by atoms with Crippen LogP contribution in [0.15, 0.2) is 60.7 Å². The van der Waals surface area contributed by atoms with E-state index in [2.05, 4.69) is 16.0 Å². The smallest absolute Gasteiger partial charge is 0.328 e. The average molecular weight is 532 g/mol. The first-order valence-corrected chi connectivity index (χ1v) is 11.0. The van der Waals surface area contributed by atoms with E-state index in [0.717, 1.165) is 12.1 Å². The number of rotatable bonds is 9. The predicted octanol–water partition coefficient (Wildman–Crippen LogP) is 2.87. The molecule has 12 heteroatoms. The summed E-state index contributed by atoms with van der Waals surface area (Å²) in [5, 5.41) is 25.8. The molecule has 0 spiro atoms. The van der Waals surface area contributed by atoms with Gasteiger partial charge in [0, 0.05) is 30.3 Å². The maximum Gasteiger partial charge on any atom is 0.328 e. The maximum atomic E-state index is 13.3. The summed E-state index contributed by atoms with van der Waals surface area (Å²) in [4.78, 5) is 48.7. The number of aliphatic carboxylic acids is 1. The quantitative estimate of drug-likeness (QED) is 0.287. The molecule has 3 rings (SSSR count). The molecule has 1 unspecified atom stereocenters. The van der Waals surface area contributed by atoms with Crippen molar-refractivity contribution in [1.82, 2.24) is 16.0 Å². The summed E-state index contributed by atoms with van der Waals surface area (Å²) >= 11 is 6.14. The number of carboxylic acids is 1. The van der Waals surface area contributed by atoms with Gasteiger partial charge in [0.25, 0.3) is 17.7 Å². The van der Waals surface area contributed by atoms with Crippen LogP contribution in [-0.2, 0) is 11.3 Å². The maximum absolute atomic E-state index is 13.3. The van der Waals surface area contributed by atoms with Crippen molar-refractivity contribution in [2.45, 2.75) is 12.6 Å². The van der Waals surface area contributed by atoms with E-state index < -0.39 is 47.9 Å². The van der Waals surface area contributed by atoms with E-state index in [9.17, 15) is 38.2 Å². The van der Waals surface area contributed by atoms with E-state index in [0.29, 0.717) is 11.6 Å². The fourth-order valence-corrected chi connectivity index (χ4v) is 3.48. The summed E-state index contributed by atoms with van der Waals surface area (Å²) in [5.41, 5.74) is 0.292. The van der Waals surface area contributed by atoms with Gasteiger partial charge in [-0.05, 0) is 48.0 Å². The number of carbonyl (C=O) groups excluding carboxylic acids is 3. The lowest BCUT2D eigenvalue weighted by molar-refractivity contribution is -0.139. The fourth-order valence-electron chi connectivity index (χ4n) is 3.21. The van der Waals surface area contributed by atoms with Gasteiger partial charge in [-0.25, -0.2) is 13.6 Å². The SMILES string of the molecule is O=C(NCc1cccc(O)c1)c1ccc(C(=O)NC(CNC(=O)c2cc(F)cc(F)c2)C(=O)O)c(Cl)c1. The Hall–Kier alpha value is -4.51. The standard InChI is InChI=1S/C25H20ClF2N3O6/c26-20-9-14(22(33)29-11-13-2-1-3-18(32)6-13)4-5-19(20)24(35)31-21(25(36)37)12-30-23(34)15-7-16(27)10-17(28)8-15/h1-10,21,32H,11-12H2,(H,29,33)(H,30,34)(H,31,35)(H,36,37). The van der Waals surface area contributed by atoms with Crippen LogP contribution in [0.3, 0.4) is 0 Å². The van der Waals surface area contributed by atoms with E-state index in [1.807, 2.05) is 0 Å². The first-order valence-electron chi connectivity index (χ1n) is 10.7. The van der Waals surface area contributed by atoms with E-state index >= 15 is 0 Å². The van der Waals surface area contributed by atoms with Crippen molar-refractivity contribution < 1.29 is 38.2 Å². The summed E-state index contributed by atoms with van der Waals surface area (Å²) < 4.78 is 26.6. The molecule has 0 aliphatic rings. The van der Waals surface area contributed by atoms with Gasteiger partial charge in [0.15, 0.2) is 0 Å². The molecule has 0 fully saturated rings. The van der Waals surface area contributed by atoms with E-state index in [4.69, 9.17) is 11.6 Å². The minimum absolute atomic E-state index is 0.0484. The van der Waals surface area contributed by atoms with Crippen molar-refractivity contribution in [2.75, 3.05) is 6.54 Å². The molecule has 3 aromatic carbocycles. The highest BCUT2D eigenvalue weighted by atomic mass is 35.5. The molecule has 3 amide bonds. The van der Waals surface area contributed by atoms with Crippen molar-refractivity contribution >= 4 is 35.3 Å². The van der Waals surface area contributed by atoms with Gasteiger partial charge < -0.3 is 26.2 Å². The molecule has 0 aliphatic heterocycles. The van der Waals surface area contributed by atoms with Crippen molar-refractivity contribution in [2.24, 2.45) is 0 Å². The van der Waals surface area contributed by atoms with Gasteiger partial charge in [-0.3, -0.25) is 14.4 Å². The molecular weight excluding hydrogens is 512 g/mol. The second-order valence-electron chi connectivity index (χ2n) is 7.78. The molecule has 1 atom stereocenters. The van der Waals surface area contributed by atoms with Crippen LogP contribution in [0.5, 0.6) is 5.75 Å². The molecule has 0 radical (unpaired) electrons. The van der Waals surface area contributed by atoms with E-state index in [-0.39, 0.29) is 34.0 Å². The highest BCUT2D eigenvalue weighted by Crippen LogP contribution is 2.19. The second kappa shape index (κ2) is 12.0. The van der Waals surface area contributed by atoms with Gasteiger partial charge in [-0.1, -0.05) is 23.7 Å². The topological polar surface area (TPSA) is 145 Å². The number of aromatic hydroxyl groups is 1. The second-order valence-corrected chi connectivity index (χ2v) is 8.19. The van der Waals surface area contributed by atoms with Crippen LogP contribution in [0, 0.1) is 11.6 Å². The van der Waals surface area contributed by atoms with Crippen LogP contribution in [0.2, 0.25) is 5.02 Å². The zero-order chi connectivity index (χ0) is 27.1. The van der Waals surface area contributed by atoms with Crippen LogP contribution in [0.1, 0.15) is 36.6 Å². The molecule has 37 heavy (non-hydrogen) atoms. The molecule has 0 saturated carbocycles. The van der Waals surface area contributed by atoms with Gasteiger partial charge in [-0.2, -0.15) is 0 Å². The Balaban J connectivity index is 1.62. The third-order valence-corrected chi connectivity index (χ3v) is 5.35. The van der Waals surface area contributed by atoms with Crippen molar-refractivity contribution in [3.63, 3.8) is 0 Å². The minimum atomic E-state index is -1.60. The van der Waals surface area contributed by atoms with Gasteiger partial charge in [-0.15, -0.1) is 0 Å². The Kier molecular flexibility index (Phi) is 8.75. The predicted molar refractivity (Wildman–Crippen MR) is 128 cm³/mol. The zero-order valence-electron chi connectivity index (χ0n) is 18.9. The number of phenols is 1. The summed E-state index contributed by atoms with van der Waals surface area (Å²) in [7, 11) is 0. The lowest BCUT2D eigenvalue weighted by Gasteiger charge is -2.16. The minimum Gasteiger partial charge on any atom is -0.508 e. The van der Waals surface area contributed by atoms with Crippen molar-refractivity contribution in [3.8, 4) is 5.75 Å². The average Bonchev–Trinajstić information content (AvgIpc) is 2.83. The van der Waals surface area contributed by atoms with Crippen molar-refractivity contribution in [3.05, 3.63) is 99.6 Å². The van der Waals surface area contributed by atoms with Crippen molar-refractivity contribution in [1.29, 1.82) is 0 Å². The first kappa shape index (κ1) is 27.1. The summed E-state index contributed by atoms with van der Waals surface area (Å²) in [5.74, 6) is -5.76. The molecule has 0 aromatic heterocycles. The Morgan fingerprint density at radius 2 is 1.51 bits per heavy atom. The highest BCUT2D eigenvalue weighted by molar-refractivity contribution is 6.34. The first-order chi connectivity index (χ1) is 17.5. The van der Waals surface area contributed by atoms with Crippen LogP contribution in [0.4, 0.5) is 8.78 Å². The largest absolute Gasteiger partial charge is 0.508 e. The number of amides is 3. The van der Waals surface area contributed by atoms with Gasteiger partial charge >= 0.3 is 5.97 Å².